The Balaban J connectivity index is 1.95. The van der Waals surface area contributed by atoms with E-state index < -0.39 is 5.82 Å². The van der Waals surface area contributed by atoms with Gasteiger partial charge in [0.2, 0.25) is 5.91 Å². The average Bonchev–Trinajstić information content (AvgIpc) is 2.76. The molecule has 0 aliphatic carbocycles. The van der Waals surface area contributed by atoms with Gasteiger partial charge in [-0.2, -0.15) is 0 Å². The lowest BCUT2D eigenvalue weighted by Crippen LogP contribution is -2.18. The van der Waals surface area contributed by atoms with Crippen molar-refractivity contribution in [3.8, 4) is 0 Å². The van der Waals surface area contributed by atoms with Gasteiger partial charge >= 0.3 is 0 Å². The molecule has 0 spiro atoms. The zero-order valence-electron chi connectivity index (χ0n) is 9.30. The number of amides is 1. The number of hydrogen-bond donors (Lipinski definition) is 2. The molecule has 1 aromatic carbocycles. The van der Waals surface area contributed by atoms with Crippen LogP contribution in [0.4, 0.5) is 10.1 Å². The molecule has 1 saturated heterocycles. The van der Waals surface area contributed by atoms with Crippen LogP contribution in [-0.2, 0) is 4.79 Å². The summed E-state index contributed by atoms with van der Waals surface area (Å²) in [6.45, 7) is 1.80. The summed E-state index contributed by atoms with van der Waals surface area (Å²) in [5.41, 5.74) is 0.147. The van der Waals surface area contributed by atoms with Crippen LogP contribution in [0.15, 0.2) is 18.2 Å². The molecule has 2 N–H and O–H groups in total. The molecule has 0 radical (unpaired) electrons. The van der Waals surface area contributed by atoms with Crippen molar-refractivity contribution in [1.29, 1.82) is 0 Å². The Hall–Kier alpha value is -1.13. The van der Waals surface area contributed by atoms with Gasteiger partial charge < -0.3 is 10.6 Å². The summed E-state index contributed by atoms with van der Waals surface area (Å²) in [6, 6.07) is 4.12. The first-order valence-corrected chi connectivity index (χ1v) is 5.98. The van der Waals surface area contributed by atoms with Crippen molar-refractivity contribution >= 4 is 23.2 Å². The molecule has 0 saturated carbocycles. The summed E-state index contributed by atoms with van der Waals surface area (Å²) in [7, 11) is 0. The molecule has 1 fully saturated rings. The Morgan fingerprint density at radius 1 is 1.59 bits per heavy atom. The van der Waals surface area contributed by atoms with Crippen LogP contribution in [0.25, 0.3) is 0 Å². The lowest BCUT2D eigenvalue weighted by atomic mass is 10.0. The molecule has 0 bridgehead atoms. The number of carbonyl (C=O) groups is 1. The highest BCUT2D eigenvalue weighted by Gasteiger charge is 2.18. The summed E-state index contributed by atoms with van der Waals surface area (Å²) in [6.07, 6.45) is 1.41. The zero-order valence-corrected chi connectivity index (χ0v) is 10.1. The van der Waals surface area contributed by atoms with Crippen LogP contribution >= 0.6 is 11.6 Å². The van der Waals surface area contributed by atoms with Crippen molar-refractivity contribution < 1.29 is 9.18 Å². The molecule has 1 amide bonds. The molecule has 1 aliphatic heterocycles. The van der Waals surface area contributed by atoms with Gasteiger partial charge in [0.25, 0.3) is 0 Å². The Bertz CT molecular complexity index is 419. The molecule has 1 atom stereocenters. The van der Waals surface area contributed by atoms with Crippen molar-refractivity contribution in [2.45, 2.75) is 12.8 Å². The van der Waals surface area contributed by atoms with E-state index in [4.69, 9.17) is 11.6 Å². The van der Waals surface area contributed by atoms with Crippen LogP contribution in [0.3, 0.4) is 0 Å². The second-order valence-electron chi connectivity index (χ2n) is 4.24. The molecule has 0 aromatic heterocycles. The minimum atomic E-state index is -0.465. The maximum absolute atomic E-state index is 13.4. The van der Waals surface area contributed by atoms with Crippen molar-refractivity contribution in [2.24, 2.45) is 5.92 Å². The summed E-state index contributed by atoms with van der Waals surface area (Å²) in [5, 5.41) is 6.15. The van der Waals surface area contributed by atoms with Crippen molar-refractivity contribution in [3.05, 3.63) is 29.0 Å². The van der Waals surface area contributed by atoms with Gasteiger partial charge in [-0.1, -0.05) is 11.6 Å². The predicted molar refractivity (Wildman–Crippen MR) is 65.6 cm³/mol. The van der Waals surface area contributed by atoms with E-state index in [-0.39, 0.29) is 11.6 Å². The Morgan fingerprint density at radius 3 is 3.12 bits per heavy atom. The van der Waals surface area contributed by atoms with E-state index in [1.165, 1.54) is 18.2 Å². The smallest absolute Gasteiger partial charge is 0.224 e. The fraction of sp³-hybridized carbons (Fsp3) is 0.417. The summed E-state index contributed by atoms with van der Waals surface area (Å²) in [5.74, 6) is -0.288. The van der Waals surface area contributed by atoms with Crippen molar-refractivity contribution in [1.82, 2.24) is 5.32 Å². The fourth-order valence-corrected chi connectivity index (χ4v) is 2.12. The van der Waals surface area contributed by atoms with Crippen LogP contribution in [0, 0.1) is 11.7 Å². The minimum absolute atomic E-state index is 0.147. The first-order chi connectivity index (χ1) is 8.15. The van der Waals surface area contributed by atoms with Crippen molar-refractivity contribution in [2.75, 3.05) is 18.4 Å². The van der Waals surface area contributed by atoms with E-state index >= 15 is 0 Å². The van der Waals surface area contributed by atoms with E-state index in [1.54, 1.807) is 0 Å². The molecule has 3 nitrogen and oxygen atoms in total. The number of halogens is 2. The third-order valence-electron chi connectivity index (χ3n) is 2.84. The predicted octanol–water partition coefficient (Wildman–Crippen LogP) is 2.42. The maximum Gasteiger partial charge on any atom is 0.224 e. The number of nitrogens with one attached hydrogen (secondary N) is 2. The fourth-order valence-electron chi connectivity index (χ4n) is 1.95. The van der Waals surface area contributed by atoms with E-state index in [9.17, 15) is 9.18 Å². The average molecular weight is 257 g/mol. The van der Waals surface area contributed by atoms with Gasteiger partial charge in [-0.15, -0.1) is 0 Å². The summed E-state index contributed by atoms with van der Waals surface area (Å²) < 4.78 is 13.4. The third-order valence-corrected chi connectivity index (χ3v) is 3.07. The highest BCUT2D eigenvalue weighted by Crippen LogP contribution is 2.20. The Kier molecular flexibility index (Phi) is 3.97. The number of carbonyl (C=O) groups excluding carboxylic acids is 1. The monoisotopic (exact) mass is 256 g/mol. The highest BCUT2D eigenvalue weighted by molar-refractivity contribution is 6.30. The lowest BCUT2D eigenvalue weighted by Gasteiger charge is -2.10. The first kappa shape index (κ1) is 12.3. The van der Waals surface area contributed by atoms with Gasteiger partial charge in [0.05, 0.1) is 5.69 Å². The minimum Gasteiger partial charge on any atom is -0.324 e. The molecule has 5 heteroatoms. The SMILES string of the molecule is O=C(CC1CCNC1)Nc1cc(Cl)ccc1F. The van der Waals surface area contributed by atoms with Crippen LogP contribution in [0.2, 0.25) is 5.02 Å². The van der Waals surface area contributed by atoms with E-state index in [0.717, 1.165) is 19.5 Å². The van der Waals surface area contributed by atoms with Gasteiger partial charge in [0.15, 0.2) is 0 Å². The number of benzene rings is 1. The molecule has 1 heterocycles. The summed E-state index contributed by atoms with van der Waals surface area (Å²) >= 11 is 5.74. The number of anilines is 1. The number of hydrogen-bond acceptors (Lipinski definition) is 2. The van der Waals surface area contributed by atoms with Gasteiger partial charge in [0.1, 0.15) is 5.82 Å². The molecular formula is C12H14ClFN2O. The Labute approximate surface area is 104 Å². The normalized spacial score (nSPS) is 19.3. The van der Waals surface area contributed by atoms with Gasteiger partial charge in [-0.3, -0.25) is 4.79 Å². The topological polar surface area (TPSA) is 41.1 Å². The van der Waals surface area contributed by atoms with Gasteiger partial charge in [-0.25, -0.2) is 4.39 Å². The second kappa shape index (κ2) is 5.47. The standard InChI is InChI=1S/C12H14ClFN2O/c13-9-1-2-10(14)11(6-9)16-12(17)5-8-3-4-15-7-8/h1-2,6,8,15H,3-5,7H2,(H,16,17). The maximum atomic E-state index is 13.4. The largest absolute Gasteiger partial charge is 0.324 e. The van der Waals surface area contributed by atoms with Crippen LogP contribution < -0.4 is 10.6 Å². The molecule has 1 aliphatic rings. The van der Waals surface area contributed by atoms with E-state index in [2.05, 4.69) is 10.6 Å². The first-order valence-electron chi connectivity index (χ1n) is 5.61. The number of rotatable bonds is 3. The van der Waals surface area contributed by atoms with Crippen LogP contribution in [0.5, 0.6) is 0 Å². The lowest BCUT2D eigenvalue weighted by molar-refractivity contribution is -0.117. The van der Waals surface area contributed by atoms with Gasteiger partial charge in [-0.05, 0) is 43.6 Å². The molecule has 17 heavy (non-hydrogen) atoms. The molecule has 1 aromatic rings. The summed E-state index contributed by atoms with van der Waals surface area (Å²) in [4.78, 5) is 11.7. The third kappa shape index (κ3) is 3.41. The molecular weight excluding hydrogens is 243 g/mol. The van der Waals surface area contributed by atoms with Crippen LogP contribution in [-0.4, -0.2) is 19.0 Å². The second-order valence-corrected chi connectivity index (χ2v) is 4.67. The van der Waals surface area contributed by atoms with E-state index in [0.29, 0.717) is 17.4 Å². The zero-order chi connectivity index (χ0) is 12.3. The van der Waals surface area contributed by atoms with Crippen molar-refractivity contribution in [3.63, 3.8) is 0 Å². The quantitative estimate of drug-likeness (QED) is 0.872. The molecule has 2 rings (SSSR count). The van der Waals surface area contributed by atoms with Gasteiger partial charge in [0, 0.05) is 11.4 Å². The molecule has 92 valence electrons. The van der Waals surface area contributed by atoms with E-state index in [1.807, 2.05) is 0 Å². The molecule has 1 unspecified atom stereocenters. The Morgan fingerprint density at radius 2 is 2.41 bits per heavy atom. The highest BCUT2D eigenvalue weighted by atomic mass is 35.5. The van der Waals surface area contributed by atoms with Crippen LogP contribution in [0.1, 0.15) is 12.8 Å².